The van der Waals surface area contributed by atoms with E-state index in [1.807, 2.05) is 0 Å². The molecule has 1 saturated carbocycles. The van der Waals surface area contributed by atoms with E-state index in [-0.39, 0.29) is 0 Å². The van der Waals surface area contributed by atoms with E-state index in [2.05, 4.69) is 0 Å². The second-order valence-electron chi connectivity index (χ2n) is 3.52. The molecule has 0 aliphatic heterocycles. The van der Waals surface area contributed by atoms with Gasteiger partial charge in [0.1, 0.15) is 0 Å². The number of carbonyl (C=O) groups is 3. The Kier molecular flexibility index (Phi) is 11.4. The van der Waals surface area contributed by atoms with E-state index in [4.69, 9.17) is 35.4 Å². The van der Waals surface area contributed by atoms with Gasteiger partial charge in [-0.25, -0.2) is 9.59 Å². The summed E-state index contributed by atoms with van der Waals surface area (Å²) in [5.74, 6) is -3.61. The summed E-state index contributed by atoms with van der Waals surface area (Å²) < 4.78 is 0. The van der Waals surface area contributed by atoms with Crippen molar-refractivity contribution in [3.63, 3.8) is 0 Å². The molecule has 0 spiro atoms. The molecule has 0 saturated heterocycles. The SMILES string of the molecule is CC(=O)O.NCC1CCCC1.O=C(O)C(=O)O. The summed E-state index contributed by atoms with van der Waals surface area (Å²) in [4.78, 5) is 27.2. The molecule has 0 radical (unpaired) electrons. The van der Waals surface area contributed by atoms with E-state index in [9.17, 15) is 0 Å². The van der Waals surface area contributed by atoms with Crippen LogP contribution in [0.15, 0.2) is 0 Å². The van der Waals surface area contributed by atoms with Gasteiger partial charge in [0.05, 0.1) is 0 Å². The fraction of sp³-hybridized carbons (Fsp3) is 0.700. The predicted molar refractivity (Wildman–Crippen MR) is 59.6 cm³/mol. The summed E-state index contributed by atoms with van der Waals surface area (Å²) in [6.07, 6.45) is 5.61. The summed E-state index contributed by atoms with van der Waals surface area (Å²) in [7, 11) is 0. The van der Waals surface area contributed by atoms with Crippen molar-refractivity contribution in [1.82, 2.24) is 0 Å². The number of hydrogen-bond donors (Lipinski definition) is 4. The van der Waals surface area contributed by atoms with Gasteiger partial charge >= 0.3 is 11.9 Å². The third-order valence-corrected chi connectivity index (χ3v) is 1.99. The molecule has 17 heavy (non-hydrogen) atoms. The van der Waals surface area contributed by atoms with Gasteiger partial charge < -0.3 is 21.1 Å². The van der Waals surface area contributed by atoms with Crippen LogP contribution in [0.4, 0.5) is 0 Å². The lowest BCUT2D eigenvalue weighted by molar-refractivity contribution is -0.159. The summed E-state index contributed by atoms with van der Waals surface area (Å²) in [6.45, 7) is 2.00. The molecule has 0 bridgehead atoms. The zero-order valence-electron chi connectivity index (χ0n) is 9.76. The molecule has 100 valence electrons. The van der Waals surface area contributed by atoms with E-state index in [1.54, 1.807) is 0 Å². The fourth-order valence-corrected chi connectivity index (χ4v) is 1.25. The molecule has 7 nitrogen and oxygen atoms in total. The summed E-state index contributed by atoms with van der Waals surface area (Å²) in [6, 6.07) is 0. The van der Waals surface area contributed by atoms with E-state index in [0.717, 1.165) is 19.4 Å². The van der Waals surface area contributed by atoms with Gasteiger partial charge in [0.15, 0.2) is 0 Å². The van der Waals surface area contributed by atoms with Crippen LogP contribution in [0.2, 0.25) is 0 Å². The fourth-order valence-electron chi connectivity index (χ4n) is 1.25. The van der Waals surface area contributed by atoms with Gasteiger partial charge in [0.2, 0.25) is 0 Å². The topological polar surface area (TPSA) is 138 Å². The predicted octanol–water partition coefficient (Wildman–Crippen LogP) is 0.382. The van der Waals surface area contributed by atoms with Gasteiger partial charge in [-0.15, -0.1) is 0 Å². The van der Waals surface area contributed by atoms with Crippen molar-refractivity contribution >= 4 is 17.9 Å². The van der Waals surface area contributed by atoms with Crippen molar-refractivity contribution in [3.8, 4) is 0 Å². The third-order valence-electron chi connectivity index (χ3n) is 1.99. The summed E-state index contributed by atoms with van der Waals surface area (Å²) in [5.41, 5.74) is 5.43. The van der Waals surface area contributed by atoms with E-state index >= 15 is 0 Å². The maximum absolute atomic E-state index is 9.10. The number of carboxylic acids is 3. The van der Waals surface area contributed by atoms with Crippen LogP contribution in [0.1, 0.15) is 32.6 Å². The second kappa shape index (κ2) is 10.9. The Morgan fingerprint density at radius 1 is 1.06 bits per heavy atom. The van der Waals surface area contributed by atoms with Crippen LogP contribution in [-0.2, 0) is 14.4 Å². The first-order chi connectivity index (χ1) is 7.81. The molecule has 1 aliphatic carbocycles. The molecular weight excluding hydrogens is 230 g/mol. The molecule has 0 atom stereocenters. The van der Waals surface area contributed by atoms with Gasteiger partial charge in [-0.1, -0.05) is 12.8 Å². The molecule has 5 N–H and O–H groups in total. The molecule has 0 aromatic rings. The maximum Gasteiger partial charge on any atom is 0.414 e. The lowest BCUT2D eigenvalue weighted by Gasteiger charge is -1.99. The highest BCUT2D eigenvalue weighted by molar-refractivity contribution is 6.27. The minimum Gasteiger partial charge on any atom is -0.481 e. The van der Waals surface area contributed by atoms with Gasteiger partial charge in [-0.2, -0.15) is 0 Å². The molecular formula is C10H19NO6. The Balaban J connectivity index is 0. The van der Waals surface area contributed by atoms with E-state index < -0.39 is 17.9 Å². The number of nitrogens with two attached hydrogens (primary N) is 1. The standard InChI is InChI=1S/C6H13N.C2H2O4.C2H4O2/c7-5-6-3-1-2-4-6;3-1(4)2(5)6;1-2(3)4/h6H,1-5,7H2;(H,3,4)(H,5,6);1H3,(H,3,4). The normalized spacial score (nSPS) is 13.8. The number of rotatable bonds is 1. The lowest BCUT2D eigenvalue weighted by Crippen LogP contribution is -2.09. The molecule has 0 amide bonds. The average molecular weight is 249 g/mol. The Hall–Kier alpha value is -1.63. The summed E-state index contributed by atoms with van der Waals surface area (Å²) >= 11 is 0. The zero-order chi connectivity index (χ0) is 13.8. The maximum atomic E-state index is 9.10. The molecule has 0 aromatic carbocycles. The molecule has 1 fully saturated rings. The van der Waals surface area contributed by atoms with Crippen LogP contribution in [0.3, 0.4) is 0 Å². The van der Waals surface area contributed by atoms with Gasteiger partial charge in [-0.3, -0.25) is 4.79 Å². The molecule has 0 unspecified atom stereocenters. The Labute approximate surface area is 99.2 Å². The van der Waals surface area contributed by atoms with E-state index in [1.165, 1.54) is 25.7 Å². The van der Waals surface area contributed by atoms with Crippen molar-refractivity contribution in [2.45, 2.75) is 32.6 Å². The van der Waals surface area contributed by atoms with Crippen LogP contribution in [0.5, 0.6) is 0 Å². The summed E-state index contributed by atoms with van der Waals surface area (Å²) in [5, 5.41) is 22.2. The van der Waals surface area contributed by atoms with Gasteiger partial charge in [-0.05, 0) is 25.3 Å². The minimum atomic E-state index is -1.82. The first kappa shape index (κ1) is 17.8. The number of carboxylic acid groups (broad SMARTS) is 3. The minimum absolute atomic E-state index is 0.833. The van der Waals surface area contributed by atoms with Crippen molar-refractivity contribution in [2.24, 2.45) is 11.7 Å². The van der Waals surface area contributed by atoms with Crippen LogP contribution in [-0.4, -0.2) is 39.8 Å². The highest BCUT2D eigenvalue weighted by Gasteiger charge is 2.11. The first-order valence-electron chi connectivity index (χ1n) is 5.17. The molecule has 7 heteroatoms. The number of aliphatic carboxylic acids is 3. The zero-order valence-corrected chi connectivity index (χ0v) is 9.76. The largest absolute Gasteiger partial charge is 0.481 e. The van der Waals surface area contributed by atoms with Crippen molar-refractivity contribution in [3.05, 3.63) is 0 Å². The quantitative estimate of drug-likeness (QED) is 0.493. The number of hydrogen-bond acceptors (Lipinski definition) is 4. The van der Waals surface area contributed by atoms with Crippen LogP contribution in [0, 0.1) is 5.92 Å². The van der Waals surface area contributed by atoms with Crippen molar-refractivity contribution in [2.75, 3.05) is 6.54 Å². The lowest BCUT2D eigenvalue weighted by atomic mass is 10.1. The van der Waals surface area contributed by atoms with Crippen LogP contribution >= 0.6 is 0 Å². The molecule has 1 aliphatic rings. The van der Waals surface area contributed by atoms with Crippen molar-refractivity contribution < 1.29 is 29.7 Å². The molecule has 1 rings (SSSR count). The van der Waals surface area contributed by atoms with Gasteiger partial charge in [0.25, 0.3) is 5.97 Å². The highest BCUT2D eigenvalue weighted by atomic mass is 16.4. The van der Waals surface area contributed by atoms with E-state index in [0.29, 0.717) is 0 Å². The monoisotopic (exact) mass is 249 g/mol. The Morgan fingerprint density at radius 3 is 1.47 bits per heavy atom. The molecule has 0 aromatic heterocycles. The van der Waals surface area contributed by atoms with Gasteiger partial charge in [0, 0.05) is 6.92 Å². The van der Waals surface area contributed by atoms with Crippen molar-refractivity contribution in [1.29, 1.82) is 0 Å². The van der Waals surface area contributed by atoms with Crippen LogP contribution in [0.25, 0.3) is 0 Å². The smallest absolute Gasteiger partial charge is 0.414 e. The van der Waals surface area contributed by atoms with Crippen LogP contribution < -0.4 is 5.73 Å². The Bertz CT molecular complexity index is 231. The average Bonchev–Trinajstić information content (AvgIpc) is 2.69. The third kappa shape index (κ3) is 17.0. The molecule has 0 heterocycles. The second-order valence-corrected chi connectivity index (χ2v) is 3.52. The highest BCUT2D eigenvalue weighted by Crippen LogP contribution is 2.22. The first-order valence-corrected chi connectivity index (χ1v) is 5.17. The Morgan fingerprint density at radius 2 is 1.35 bits per heavy atom.